The number of nitrogens with one attached hydrogen (secondary N) is 2. The minimum Gasteiger partial charge on any atom is -0.508 e. The second-order valence-corrected chi connectivity index (χ2v) is 8.67. The van der Waals surface area contributed by atoms with Crippen LogP contribution in [0.1, 0.15) is 27.7 Å². The van der Waals surface area contributed by atoms with E-state index in [1.54, 1.807) is 37.4 Å². The molecule has 0 fully saturated rings. The molecule has 0 bridgehead atoms. The lowest BCUT2D eigenvalue weighted by Gasteiger charge is -2.21. The lowest BCUT2D eigenvalue weighted by atomic mass is 10.00. The van der Waals surface area contributed by atoms with Crippen LogP contribution in [0.2, 0.25) is 5.02 Å². The van der Waals surface area contributed by atoms with E-state index >= 15 is 0 Å². The average Bonchev–Trinajstić information content (AvgIpc) is 3.31. The number of H-pyrrole nitrogens is 1. The van der Waals surface area contributed by atoms with Crippen LogP contribution in [0.5, 0.6) is 11.5 Å². The van der Waals surface area contributed by atoms with Crippen LogP contribution < -0.4 is 10.1 Å². The molecule has 1 atom stereocenters. The molecule has 0 radical (unpaired) electrons. The molecule has 35 heavy (non-hydrogen) atoms. The monoisotopic (exact) mass is 482 g/mol. The summed E-state index contributed by atoms with van der Waals surface area (Å²) in [5.74, 6) is 0.576. The van der Waals surface area contributed by atoms with Gasteiger partial charge < -0.3 is 20.1 Å². The van der Waals surface area contributed by atoms with Crippen molar-refractivity contribution in [2.24, 2.45) is 0 Å². The first-order chi connectivity index (χ1) is 17.0. The predicted octanol–water partition coefficient (Wildman–Crippen LogP) is 6.72. The SMILES string of the molecule is COc1ccc(Cl)cc1C(NC(=O)c1cccc(-c2ccc(O)cc2)c1)c1cc2ccccc2[nH]1. The molecule has 1 aromatic heterocycles. The maximum atomic E-state index is 13.5. The number of aromatic nitrogens is 1. The van der Waals surface area contributed by atoms with E-state index in [9.17, 15) is 9.90 Å². The quantitative estimate of drug-likeness (QED) is 0.251. The van der Waals surface area contributed by atoms with Crippen LogP contribution >= 0.6 is 11.6 Å². The summed E-state index contributed by atoms with van der Waals surface area (Å²) < 4.78 is 5.61. The van der Waals surface area contributed by atoms with Crippen LogP contribution in [-0.2, 0) is 0 Å². The number of methoxy groups -OCH3 is 1. The van der Waals surface area contributed by atoms with Gasteiger partial charge in [0.05, 0.1) is 13.2 Å². The normalized spacial score (nSPS) is 11.8. The Bertz CT molecular complexity index is 1480. The van der Waals surface area contributed by atoms with Crippen molar-refractivity contribution in [2.75, 3.05) is 7.11 Å². The standard InChI is InChI=1S/C29H23ClN2O3/c1-35-27-14-11-22(30)17-24(27)28(26-16-20-5-2-3-8-25(20)31-26)32-29(34)21-7-4-6-19(15-21)18-9-12-23(33)13-10-18/h2-17,28,31,33H,1H3,(H,32,34). The summed E-state index contributed by atoms with van der Waals surface area (Å²) in [5.41, 5.74) is 4.82. The number of carbonyl (C=O) groups is 1. The smallest absolute Gasteiger partial charge is 0.252 e. The summed E-state index contributed by atoms with van der Waals surface area (Å²) in [5, 5.41) is 14.3. The van der Waals surface area contributed by atoms with Gasteiger partial charge in [0.15, 0.2) is 0 Å². The zero-order valence-electron chi connectivity index (χ0n) is 19.0. The highest BCUT2D eigenvalue weighted by Crippen LogP contribution is 2.34. The zero-order valence-corrected chi connectivity index (χ0v) is 19.7. The Labute approximate surface area is 208 Å². The van der Waals surface area contributed by atoms with Gasteiger partial charge in [0.25, 0.3) is 5.91 Å². The third-order valence-corrected chi connectivity index (χ3v) is 6.20. The summed E-state index contributed by atoms with van der Waals surface area (Å²) in [4.78, 5) is 16.9. The van der Waals surface area contributed by atoms with E-state index in [-0.39, 0.29) is 11.7 Å². The molecule has 1 unspecified atom stereocenters. The number of para-hydroxylation sites is 1. The summed E-state index contributed by atoms with van der Waals surface area (Å²) >= 11 is 6.34. The first-order valence-corrected chi connectivity index (χ1v) is 11.5. The Morgan fingerprint density at radius 2 is 1.71 bits per heavy atom. The number of aromatic amines is 1. The summed E-state index contributed by atoms with van der Waals surface area (Å²) in [6, 6.07) is 29.1. The Morgan fingerprint density at radius 1 is 0.914 bits per heavy atom. The fourth-order valence-electron chi connectivity index (χ4n) is 4.21. The van der Waals surface area contributed by atoms with E-state index in [0.29, 0.717) is 16.3 Å². The lowest BCUT2D eigenvalue weighted by molar-refractivity contribution is 0.0942. The molecule has 4 aromatic carbocycles. The van der Waals surface area contributed by atoms with E-state index in [1.165, 1.54) is 0 Å². The van der Waals surface area contributed by atoms with Crippen LogP contribution in [-0.4, -0.2) is 23.1 Å². The summed E-state index contributed by atoms with van der Waals surface area (Å²) in [7, 11) is 1.60. The van der Waals surface area contributed by atoms with E-state index < -0.39 is 6.04 Å². The Hall–Kier alpha value is -4.22. The van der Waals surface area contributed by atoms with E-state index in [2.05, 4.69) is 10.3 Å². The number of fused-ring (bicyclic) bond motifs is 1. The van der Waals surface area contributed by atoms with Gasteiger partial charge in [0.1, 0.15) is 11.5 Å². The number of ether oxygens (including phenoxy) is 1. The Morgan fingerprint density at radius 3 is 2.49 bits per heavy atom. The molecule has 5 nitrogen and oxygen atoms in total. The number of hydrogen-bond donors (Lipinski definition) is 3. The second-order valence-electron chi connectivity index (χ2n) is 8.23. The van der Waals surface area contributed by atoms with E-state index in [0.717, 1.165) is 33.3 Å². The molecule has 0 saturated heterocycles. The molecule has 5 rings (SSSR count). The zero-order chi connectivity index (χ0) is 24.4. The second kappa shape index (κ2) is 9.57. The van der Waals surface area contributed by atoms with Crippen LogP contribution in [0.25, 0.3) is 22.0 Å². The van der Waals surface area contributed by atoms with Gasteiger partial charge >= 0.3 is 0 Å². The maximum Gasteiger partial charge on any atom is 0.252 e. The van der Waals surface area contributed by atoms with Crippen LogP contribution in [0.4, 0.5) is 0 Å². The Balaban J connectivity index is 1.54. The fourth-order valence-corrected chi connectivity index (χ4v) is 4.39. The van der Waals surface area contributed by atoms with Crippen molar-refractivity contribution < 1.29 is 14.6 Å². The molecule has 0 aliphatic carbocycles. The number of amides is 1. The number of benzene rings is 4. The first-order valence-electron chi connectivity index (χ1n) is 11.1. The van der Waals surface area contributed by atoms with Crippen molar-refractivity contribution in [3.8, 4) is 22.6 Å². The van der Waals surface area contributed by atoms with Gasteiger partial charge in [-0.25, -0.2) is 0 Å². The van der Waals surface area contributed by atoms with Crippen molar-refractivity contribution in [2.45, 2.75) is 6.04 Å². The third-order valence-electron chi connectivity index (χ3n) is 5.97. The number of hydrogen-bond acceptors (Lipinski definition) is 3. The molecular weight excluding hydrogens is 460 g/mol. The lowest BCUT2D eigenvalue weighted by Crippen LogP contribution is -2.30. The molecule has 0 spiro atoms. The van der Waals surface area contributed by atoms with Crippen molar-refractivity contribution in [3.63, 3.8) is 0 Å². The number of phenols is 1. The largest absolute Gasteiger partial charge is 0.508 e. The van der Waals surface area contributed by atoms with Crippen LogP contribution in [0.3, 0.4) is 0 Å². The minimum absolute atomic E-state index is 0.194. The first kappa shape index (κ1) is 22.6. The van der Waals surface area contributed by atoms with E-state index in [4.69, 9.17) is 16.3 Å². The highest BCUT2D eigenvalue weighted by Gasteiger charge is 2.24. The van der Waals surface area contributed by atoms with Gasteiger partial charge in [-0.15, -0.1) is 0 Å². The van der Waals surface area contributed by atoms with Gasteiger partial charge in [-0.05, 0) is 71.1 Å². The van der Waals surface area contributed by atoms with Gasteiger partial charge in [-0.3, -0.25) is 4.79 Å². The van der Waals surface area contributed by atoms with Gasteiger partial charge in [-0.2, -0.15) is 0 Å². The van der Waals surface area contributed by atoms with Crippen LogP contribution in [0.15, 0.2) is 97.1 Å². The number of halogens is 1. The topological polar surface area (TPSA) is 74.3 Å². The molecule has 0 aliphatic heterocycles. The molecule has 5 aromatic rings. The molecule has 1 amide bonds. The average molecular weight is 483 g/mol. The third kappa shape index (κ3) is 4.72. The van der Waals surface area contributed by atoms with Gasteiger partial charge in [0, 0.05) is 27.4 Å². The van der Waals surface area contributed by atoms with E-state index in [1.807, 2.05) is 66.7 Å². The molecule has 0 saturated carbocycles. The summed E-state index contributed by atoms with van der Waals surface area (Å²) in [6.45, 7) is 0. The number of carbonyl (C=O) groups excluding carboxylic acids is 1. The molecule has 3 N–H and O–H groups in total. The predicted molar refractivity (Wildman–Crippen MR) is 139 cm³/mol. The van der Waals surface area contributed by atoms with Crippen molar-refractivity contribution in [1.29, 1.82) is 0 Å². The molecular formula is C29H23ClN2O3. The van der Waals surface area contributed by atoms with Crippen molar-refractivity contribution in [3.05, 3.63) is 119 Å². The minimum atomic E-state index is -0.527. The number of phenolic OH excluding ortho intramolecular Hbond substituents is 1. The van der Waals surface area contributed by atoms with Crippen molar-refractivity contribution >= 4 is 28.4 Å². The number of aromatic hydroxyl groups is 1. The van der Waals surface area contributed by atoms with Crippen LogP contribution in [0, 0.1) is 0 Å². The molecule has 0 aliphatic rings. The summed E-state index contributed by atoms with van der Waals surface area (Å²) in [6.07, 6.45) is 0. The van der Waals surface area contributed by atoms with Crippen molar-refractivity contribution in [1.82, 2.24) is 10.3 Å². The number of rotatable bonds is 6. The molecule has 1 heterocycles. The highest BCUT2D eigenvalue weighted by molar-refractivity contribution is 6.30. The maximum absolute atomic E-state index is 13.5. The molecule has 6 heteroatoms. The fraction of sp³-hybridized carbons (Fsp3) is 0.0690. The van der Waals surface area contributed by atoms with Gasteiger partial charge in [0.2, 0.25) is 0 Å². The Kier molecular flexibility index (Phi) is 6.17. The van der Waals surface area contributed by atoms with Gasteiger partial charge in [-0.1, -0.05) is 54.1 Å². The molecule has 174 valence electrons. The highest BCUT2D eigenvalue weighted by atomic mass is 35.5.